The first-order valence-electron chi connectivity index (χ1n) is 8.09. The monoisotopic (exact) mass is 315 g/mol. The molecule has 0 aliphatic heterocycles. The molecule has 2 amide bonds. The molecule has 122 valence electrons. The van der Waals surface area contributed by atoms with Crippen molar-refractivity contribution < 1.29 is 9.21 Å². The first-order chi connectivity index (χ1) is 11.3. The van der Waals surface area contributed by atoms with Gasteiger partial charge < -0.3 is 15.1 Å². The molecule has 7 nitrogen and oxygen atoms in total. The molecule has 2 heterocycles. The third-order valence-corrected chi connectivity index (χ3v) is 3.92. The Morgan fingerprint density at radius 3 is 2.87 bits per heavy atom. The Bertz CT molecular complexity index is 622. The third kappa shape index (κ3) is 4.51. The predicted molar refractivity (Wildman–Crippen MR) is 84.6 cm³/mol. The lowest BCUT2D eigenvalue weighted by molar-refractivity contribution is 0.232. The lowest BCUT2D eigenvalue weighted by atomic mass is 9.96. The van der Waals surface area contributed by atoms with Gasteiger partial charge in [0.05, 0.1) is 0 Å². The molecule has 1 saturated carbocycles. The summed E-state index contributed by atoms with van der Waals surface area (Å²) in [6, 6.07) is 5.69. The Morgan fingerprint density at radius 2 is 2.09 bits per heavy atom. The van der Waals surface area contributed by atoms with Gasteiger partial charge in [-0.25, -0.2) is 4.79 Å². The summed E-state index contributed by atoms with van der Waals surface area (Å²) in [5.74, 6) is 0.885. The minimum Gasteiger partial charge on any atom is -0.419 e. The highest BCUT2D eigenvalue weighted by atomic mass is 16.4. The van der Waals surface area contributed by atoms with Gasteiger partial charge >= 0.3 is 6.03 Å². The number of nitrogens with one attached hydrogen (secondary N) is 2. The van der Waals surface area contributed by atoms with Crippen LogP contribution in [-0.2, 0) is 6.42 Å². The second kappa shape index (κ2) is 7.71. The van der Waals surface area contributed by atoms with Crippen LogP contribution in [0.2, 0.25) is 0 Å². The summed E-state index contributed by atoms with van der Waals surface area (Å²) in [6.45, 7) is 0.461. The number of urea groups is 1. The molecule has 0 atom stereocenters. The Kier molecular flexibility index (Phi) is 5.18. The summed E-state index contributed by atoms with van der Waals surface area (Å²) >= 11 is 0. The van der Waals surface area contributed by atoms with Crippen LogP contribution in [0.5, 0.6) is 0 Å². The number of rotatable bonds is 5. The largest absolute Gasteiger partial charge is 0.419 e. The molecular weight excluding hydrogens is 294 g/mol. The van der Waals surface area contributed by atoms with E-state index >= 15 is 0 Å². The van der Waals surface area contributed by atoms with Gasteiger partial charge in [0, 0.05) is 25.2 Å². The van der Waals surface area contributed by atoms with Crippen LogP contribution in [0.25, 0.3) is 11.6 Å². The van der Waals surface area contributed by atoms with E-state index in [-0.39, 0.29) is 6.03 Å². The van der Waals surface area contributed by atoms with Gasteiger partial charge in [0.15, 0.2) is 0 Å². The zero-order valence-electron chi connectivity index (χ0n) is 13.0. The van der Waals surface area contributed by atoms with Crippen molar-refractivity contribution >= 4 is 6.03 Å². The van der Waals surface area contributed by atoms with Crippen molar-refractivity contribution in [3.8, 4) is 11.6 Å². The smallest absolute Gasteiger partial charge is 0.315 e. The van der Waals surface area contributed by atoms with Crippen LogP contribution in [0.4, 0.5) is 4.79 Å². The minimum atomic E-state index is -0.124. The number of carbonyl (C=O) groups excluding carboxylic acids is 1. The number of hydrogen-bond acceptors (Lipinski definition) is 5. The first kappa shape index (κ1) is 15.5. The molecule has 0 unspecified atom stereocenters. The van der Waals surface area contributed by atoms with Crippen molar-refractivity contribution in [2.24, 2.45) is 0 Å². The molecule has 3 rings (SSSR count). The average molecular weight is 315 g/mol. The summed E-state index contributed by atoms with van der Waals surface area (Å²) in [6.07, 6.45) is 7.99. The standard InChI is InChI=1S/C16H21N5O2/c22-16(19-12-6-2-1-3-7-12)18-11-9-14-20-21-15(23-14)13-8-4-5-10-17-13/h4-5,8,10,12H,1-3,6-7,9,11H2,(H2,18,19,22). The number of amides is 2. The molecule has 0 spiro atoms. The maximum atomic E-state index is 11.8. The van der Waals surface area contributed by atoms with Gasteiger partial charge in [-0.05, 0) is 25.0 Å². The van der Waals surface area contributed by atoms with Gasteiger partial charge in [-0.15, -0.1) is 10.2 Å². The molecule has 0 saturated heterocycles. The summed E-state index contributed by atoms with van der Waals surface area (Å²) in [4.78, 5) is 16.0. The van der Waals surface area contributed by atoms with Crippen LogP contribution >= 0.6 is 0 Å². The van der Waals surface area contributed by atoms with Crippen molar-refractivity contribution in [3.05, 3.63) is 30.3 Å². The van der Waals surface area contributed by atoms with Gasteiger partial charge in [0.25, 0.3) is 5.89 Å². The summed E-state index contributed by atoms with van der Waals surface area (Å²) < 4.78 is 5.55. The van der Waals surface area contributed by atoms with E-state index in [1.165, 1.54) is 19.3 Å². The van der Waals surface area contributed by atoms with E-state index in [1.807, 2.05) is 18.2 Å². The number of aromatic nitrogens is 3. The van der Waals surface area contributed by atoms with Gasteiger partial charge in [0.1, 0.15) is 5.69 Å². The van der Waals surface area contributed by atoms with Crippen LogP contribution in [0, 0.1) is 0 Å². The van der Waals surface area contributed by atoms with Crippen molar-refractivity contribution in [2.75, 3.05) is 6.54 Å². The molecule has 0 radical (unpaired) electrons. The molecule has 7 heteroatoms. The SMILES string of the molecule is O=C(NCCc1nnc(-c2ccccn2)o1)NC1CCCCC1. The molecule has 0 aromatic carbocycles. The van der Waals surface area contributed by atoms with Gasteiger partial charge in [-0.2, -0.15) is 0 Å². The van der Waals surface area contributed by atoms with E-state index < -0.39 is 0 Å². The van der Waals surface area contributed by atoms with E-state index in [4.69, 9.17) is 4.42 Å². The maximum absolute atomic E-state index is 11.8. The van der Waals surface area contributed by atoms with E-state index in [2.05, 4.69) is 25.8 Å². The molecule has 1 fully saturated rings. The fourth-order valence-electron chi connectivity index (χ4n) is 2.71. The van der Waals surface area contributed by atoms with Crippen molar-refractivity contribution in [2.45, 2.75) is 44.6 Å². The number of nitrogens with zero attached hydrogens (tertiary/aromatic N) is 3. The maximum Gasteiger partial charge on any atom is 0.315 e. The minimum absolute atomic E-state index is 0.124. The molecule has 2 aromatic heterocycles. The topological polar surface area (TPSA) is 92.9 Å². The predicted octanol–water partition coefficient (Wildman–Crippen LogP) is 2.31. The van der Waals surface area contributed by atoms with E-state index in [0.29, 0.717) is 36.5 Å². The number of hydrogen-bond donors (Lipinski definition) is 2. The Labute approximate surface area is 134 Å². The number of carbonyl (C=O) groups is 1. The van der Waals surface area contributed by atoms with Crippen LogP contribution in [0.1, 0.15) is 38.0 Å². The van der Waals surface area contributed by atoms with E-state index in [9.17, 15) is 4.79 Å². The lowest BCUT2D eigenvalue weighted by Crippen LogP contribution is -2.43. The van der Waals surface area contributed by atoms with Crippen LogP contribution in [-0.4, -0.2) is 33.8 Å². The summed E-state index contributed by atoms with van der Waals surface area (Å²) in [7, 11) is 0. The molecule has 2 aromatic rings. The highest BCUT2D eigenvalue weighted by Gasteiger charge is 2.15. The highest BCUT2D eigenvalue weighted by Crippen LogP contribution is 2.17. The molecule has 2 N–H and O–H groups in total. The highest BCUT2D eigenvalue weighted by molar-refractivity contribution is 5.74. The van der Waals surface area contributed by atoms with Gasteiger partial charge in [-0.1, -0.05) is 25.3 Å². The van der Waals surface area contributed by atoms with Crippen LogP contribution in [0.3, 0.4) is 0 Å². The second-order valence-corrected chi connectivity index (χ2v) is 5.70. The molecule has 0 bridgehead atoms. The normalized spacial score (nSPS) is 15.3. The Balaban J connectivity index is 1.42. The second-order valence-electron chi connectivity index (χ2n) is 5.70. The zero-order chi connectivity index (χ0) is 15.9. The van der Waals surface area contributed by atoms with Gasteiger partial charge in [0.2, 0.25) is 5.89 Å². The third-order valence-electron chi connectivity index (χ3n) is 3.92. The van der Waals surface area contributed by atoms with Crippen molar-refractivity contribution in [3.63, 3.8) is 0 Å². The van der Waals surface area contributed by atoms with Gasteiger partial charge in [-0.3, -0.25) is 4.98 Å². The summed E-state index contributed by atoms with van der Waals surface area (Å²) in [5, 5.41) is 13.8. The average Bonchev–Trinajstić information content (AvgIpc) is 3.05. The number of pyridine rings is 1. The van der Waals surface area contributed by atoms with Crippen molar-refractivity contribution in [1.29, 1.82) is 0 Å². The fourth-order valence-corrected chi connectivity index (χ4v) is 2.71. The zero-order valence-corrected chi connectivity index (χ0v) is 13.0. The lowest BCUT2D eigenvalue weighted by Gasteiger charge is -2.22. The van der Waals surface area contributed by atoms with E-state index in [1.54, 1.807) is 6.20 Å². The Hall–Kier alpha value is -2.44. The molecular formula is C16H21N5O2. The molecule has 23 heavy (non-hydrogen) atoms. The quantitative estimate of drug-likeness (QED) is 0.883. The molecule has 1 aliphatic carbocycles. The Morgan fingerprint density at radius 1 is 1.22 bits per heavy atom. The summed E-state index contributed by atoms with van der Waals surface area (Å²) in [5.41, 5.74) is 0.647. The van der Waals surface area contributed by atoms with Crippen LogP contribution < -0.4 is 10.6 Å². The van der Waals surface area contributed by atoms with E-state index in [0.717, 1.165) is 12.8 Å². The molecule has 1 aliphatic rings. The van der Waals surface area contributed by atoms with Crippen LogP contribution in [0.15, 0.2) is 28.8 Å². The first-order valence-corrected chi connectivity index (χ1v) is 8.09. The van der Waals surface area contributed by atoms with Crippen molar-refractivity contribution in [1.82, 2.24) is 25.8 Å². The fraction of sp³-hybridized carbons (Fsp3) is 0.500.